The van der Waals surface area contributed by atoms with Crippen molar-refractivity contribution >= 4 is 17.7 Å². The van der Waals surface area contributed by atoms with Crippen LogP contribution < -0.4 is 0 Å². The highest BCUT2D eigenvalue weighted by molar-refractivity contribution is 5.92. The number of ketones is 1. The summed E-state index contributed by atoms with van der Waals surface area (Å²) in [6.07, 6.45) is 11.9. The summed E-state index contributed by atoms with van der Waals surface area (Å²) >= 11 is 0. The molecule has 5 nitrogen and oxygen atoms in total. The fraction of sp³-hybridized carbons (Fsp3) is 0.794. The van der Waals surface area contributed by atoms with Gasteiger partial charge in [0.05, 0.1) is 5.41 Å². The van der Waals surface area contributed by atoms with Crippen molar-refractivity contribution in [2.24, 2.45) is 44.3 Å². The maximum Gasteiger partial charge on any atom is 0.302 e. The van der Waals surface area contributed by atoms with E-state index in [1.807, 2.05) is 0 Å². The minimum absolute atomic E-state index is 0.0547. The highest BCUT2D eigenvalue weighted by atomic mass is 16.5. The molecular formula is C34H50O5. The summed E-state index contributed by atoms with van der Waals surface area (Å²) in [6, 6.07) is 0. The number of hydrogen-bond donors (Lipinski definition) is 0. The predicted octanol–water partition coefficient (Wildman–Crippen LogP) is 7.38. The monoisotopic (exact) mass is 538 g/mol. The van der Waals surface area contributed by atoms with Gasteiger partial charge in [-0.2, -0.15) is 0 Å². The van der Waals surface area contributed by atoms with Gasteiger partial charge in [0, 0.05) is 31.1 Å². The van der Waals surface area contributed by atoms with Gasteiger partial charge in [0.15, 0.2) is 0 Å². The van der Waals surface area contributed by atoms with Gasteiger partial charge in [-0.1, -0.05) is 60.6 Å². The van der Waals surface area contributed by atoms with E-state index in [4.69, 9.17) is 9.47 Å². The summed E-state index contributed by atoms with van der Waals surface area (Å²) < 4.78 is 11.5. The summed E-state index contributed by atoms with van der Waals surface area (Å²) in [7, 11) is 0. The standard InChI is InChI=1S/C34H50O5/c1-21(35)38-20-34-17-16-29(3,4)18-24(34)23-10-11-26-31(7)14-13-28(39-22(2)36)30(5,6)25(31)12-15-32(26,8)33(23,9)19-27(34)37/h10-11,25-26,28H,12-20H2,1-9H3/t25-,26+,28-,31-,32+,33+,34+/m0/s1. The molecule has 0 aromatic heterocycles. The van der Waals surface area contributed by atoms with Crippen molar-refractivity contribution in [1.29, 1.82) is 0 Å². The van der Waals surface area contributed by atoms with E-state index in [9.17, 15) is 14.4 Å². The Morgan fingerprint density at radius 2 is 1.59 bits per heavy atom. The highest BCUT2D eigenvalue weighted by Crippen LogP contribution is 2.73. The molecule has 0 aromatic rings. The van der Waals surface area contributed by atoms with Crippen LogP contribution in [0.5, 0.6) is 0 Å². The minimum Gasteiger partial charge on any atom is -0.464 e. The number of rotatable bonds is 3. The molecule has 39 heavy (non-hydrogen) atoms. The molecule has 5 heteroatoms. The van der Waals surface area contributed by atoms with E-state index in [0.717, 1.165) is 44.9 Å². The van der Waals surface area contributed by atoms with Crippen molar-refractivity contribution in [3.8, 4) is 0 Å². The lowest BCUT2D eigenvalue weighted by Crippen LogP contribution is -2.64. The second-order valence-electron chi connectivity index (χ2n) is 15.8. The van der Waals surface area contributed by atoms with E-state index in [-0.39, 0.29) is 57.5 Å². The SMILES string of the molecule is CC(=O)OC[C@]12CCC(C)(C)CC1=C1C=C[C@@H]3[C@@]4(C)CC[C@H](OC(C)=O)C(C)(C)[C@@H]4CC[C@@]3(C)[C@]1(C)CC2=O. The first-order chi connectivity index (χ1) is 17.9. The summed E-state index contributed by atoms with van der Waals surface area (Å²) in [5.41, 5.74) is 1.62. The lowest BCUT2D eigenvalue weighted by atomic mass is 9.35. The normalized spacial score (nSPS) is 43.9. The first-order valence-electron chi connectivity index (χ1n) is 15.2. The number of fused-ring (bicyclic) bond motifs is 6. The second-order valence-corrected chi connectivity index (χ2v) is 15.8. The Morgan fingerprint density at radius 3 is 2.23 bits per heavy atom. The molecule has 3 fully saturated rings. The molecule has 0 spiro atoms. The van der Waals surface area contributed by atoms with Gasteiger partial charge in [-0.15, -0.1) is 0 Å². The summed E-state index contributed by atoms with van der Waals surface area (Å²) in [5, 5.41) is 0. The third-order valence-corrected chi connectivity index (χ3v) is 12.8. The topological polar surface area (TPSA) is 69.7 Å². The highest BCUT2D eigenvalue weighted by Gasteiger charge is 2.68. The maximum absolute atomic E-state index is 14.4. The van der Waals surface area contributed by atoms with Crippen LogP contribution in [0.2, 0.25) is 0 Å². The number of esters is 2. The van der Waals surface area contributed by atoms with Crippen LogP contribution in [0.3, 0.4) is 0 Å². The average Bonchev–Trinajstić information content (AvgIpc) is 2.80. The lowest BCUT2D eigenvalue weighted by Gasteiger charge is -2.69. The van der Waals surface area contributed by atoms with Crippen LogP contribution in [-0.4, -0.2) is 30.4 Å². The molecule has 0 saturated heterocycles. The van der Waals surface area contributed by atoms with E-state index in [1.54, 1.807) is 0 Å². The molecule has 0 unspecified atom stereocenters. The molecule has 3 saturated carbocycles. The van der Waals surface area contributed by atoms with Crippen molar-refractivity contribution in [2.75, 3.05) is 6.61 Å². The lowest BCUT2D eigenvalue weighted by molar-refractivity contribution is -0.198. The predicted molar refractivity (Wildman–Crippen MR) is 152 cm³/mol. The van der Waals surface area contributed by atoms with Gasteiger partial charge in [0.25, 0.3) is 0 Å². The van der Waals surface area contributed by atoms with Crippen LogP contribution in [0.1, 0.15) is 114 Å². The zero-order valence-corrected chi connectivity index (χ0v) is 25.8. The summed E-state index contributed by atoms with van der Waals surface area (Å²) in [4.78, 5) is 38.2. The van der Waals surface area contributed by atoms with Crippen molar-refractivity contribution in [3.63, 3.8) is 0 Å². The summed E-state index contributed by atoms with van der Waals surface area (Å²) in [6.45, 7) is 19.6. The molecule has 0 N–H and O–H groups in total. The Balaban J connectivity index is 1.63. The average molecular weight is 539 g/mol. The molecule has 0 aromatic carbocycles. The number of carbonyl (C=O) groups excluding carboxylic acids is 3. The Kier molecular flexibility index (Phi) is 6.45. The molecule has 216 valence electrons. The Labute approximate surface area is 235 Å². The molecule has 0 heterocycles. The molecule has 5 aliphatic rings. The van der Waals surface area contributed by atoms with Crippen LogP contribution in [0.15, 0.2) is 23.3 Å². The van der Waals surface area contributed by atoms with Gasteiger partial charge in [0.2, 0.25) is 0 Å². The van der Waals surface area contributed by atoms with Gasteiger partial charge in [-0.05, 0) is 84.2 Å². The van der Waals surface area contributed by atoms with E-state index >= 15 is 0 Å². The Bertz CT molecular complexity index is 1160. The van der Waals surface area contributed by atoms with Crippen LogP contribution >= 0.6 is 0 Å². The van der Waals surface area contributed by atoms with Gasteiger partial charge < -0.3 is 9.47 Å². The number of Topliss-reactive ketones (excluding diaryl/α,β-unsaturated/α-hetero) is 1. The minimum atomic E-state index is -0.686. The molecule has 0 radical (unpaired) electrons. The van der Waals surface area contributed by atoms with Crippen LogP contribution in [0, 0.1) is 44.3 Å². The van der Waals surface area contributed by atoms with Gasteiger partial charge in [-0.3, -0.25) is 14.4 Å². The van der Waals surface area contributed by atoms with Crippen LogP contribution in [0.4, 0.5) is 0 Å². The fourth-order valence-corrected chi connectivity index (χ4v) is 10.4. The summed E-state index contributed by atoms with van der Waals surface area (Å²) in [5.74, 6) is 0.527. The molecule has 0 aliphatic heterocycles. The third kappa shape index (κ3) is 3.95. The first kappa shape index (κ1) is 28.6. The van der Waals surface area contributed by atoms with E-state index in [1.165, 1.54) is 25.0 Å². The zero-order chi connectivity index (χ0) is 28.8. The van der Waals surface area contributed by atoms with Crippen molar-refractivity contribution < 1.29 is 23.9 Å². The number of ether oxygens (including phenoxy) is 2. The van der Waals surface area contributed by atoms with Crippen molar-refractivity contribution in [1.82, 2.24) is 0 Å². The Hall–Kier alpha value is -1.91. The fourth-order valence-electron chi connectivity index (χ4n) is 10.4. The van der Waals surface area contributed by atoms with E-state index in [0.29, 0.717) is 18.3 Å². The molecule has 7 atom stereocenters. The molecule has 5 rings (SSSR count). The van der Waals surface area contributed by atoms with Crippen LogP contribution in [0.25, 0.3) is 0 Å². The quantitative estimate of drug-likeness (QED) is 0.351. The van der Waals surface area contributed by atoms with Gasteiger partial charge in [-0.25, -0.2) is 0 Å². The maximum atomic E-state index is 14.4. The van der Waals surface area contributed by atoms with Gasteiger partial charge in [0.1, 0.15) is 18.5 Å². The second kappa shape index (κ2) is 8.79. The number of allylic oxidation sites excluding steroid dienone is 3. The number of hydrogen-bond acceptors (Lipinski definition) is 5. The molecule has 0 bridgehead atoms. The Morgan fingerprint density at radius 1 is 0.897 bits per heavy atom. The molecule has 5 aliphatic carbocycles. The van der Waals surface area contributed by atoms with E-state index in [2.05, 4.69) is 60.6 Å². The largest absolute Gasteiger partial charge is 0.464 e. The van der Waals surface area contributed by atoms with Crippen LogP contribution in [-0.2, 0) is 23.9 Å². The van der Waals surface area contributed by atoms with Gasteiger partial charge >= 0.3 is 11.9 Å². The molecule has 0 amide bonds. The van der Waals surface area contributed by atoms with E-state index < -0.39 is 5.41 Å². The number of carbonyl (C=O) groups is 3. The smallest absolute Gasteiger partial charge is 0.302 e. The van der Waals surface area contributed by atoms with Crippen molar-refractivity contribution in [3.05, 3.63) is 23.3 Å². The van der Waals surface area contributed by atoms with Crippen molar-refractivity contribution in [2.45, 2.75) is 120 Å². The third-order valence-electron chi connectivity index (χ3n) is 12.8. The zero-order valence-electron chi connectivity index (χ0n) is 25.8. The molecular weight excluding hydrogens is 488 g/mol. The first-order valence-corrected chi connectivity index (χ1v) is 15.2.